The third-order valence-corrected chi connectivity index (χ3v) is 4.46. The van der Waals surface area contributed by atoms with Crippen molar-refractivity contribution in [2.24, 2.45) is 0 Å². The number of ether oxygens (including phenoxy) is 1. The van der Waals surface area contributed by atoms with E-state index in [2.05, 4.69) is 20.3 Å². The maximum atomic E-state index is 10.2. The number of imidazole rings is 1. The minimum atomic E-state index is -1.20. The molecule has 4 atom stereocenters. The molecule has 0 amide bonds. The number of benzene rings is 1. The number of aliphatic hydroxyl groups excluding tert-OH is 3. The van der Waals surface area contributed by atoms with Gasteiger partial charge >= 0.3 is 0 Å². The lowest BCUT2D eigenvalue weighted by Gasteiger charge is -2.16. The van der Waals surface area contributed by atoms with Crippen molar-refractivity contribution in [3.05, 3.63) is 42.5 Å². The van der Waals surface area contributed by atoms with Crippen LogP contribution in [0.2, 0.25) is 0 Å². The third kappa shape index (κ3) is 2.80. The molecule has 0 spiro atoms. The van der Waals surface area contributed by atoms with Crippen molar-refractivity contribution >= 4 is 22.7 Å². The maximum Gasteiger partial charge on any atom is 0.167 e. The summed E-state index contributed by atoms with van der Waals surface area (Å²) in [5, 5.41) is 32.6. The van der Waals surface area contributed by atoms with Gasteiger partial charge in [-0.3, -0.25) is 4.57 Å². The number of aryl methyl sites for hydroxylation is 1. The van der Waals surface area contributed by atoms with Gasteiger partial charge in [-0.2, -0.15) is 0 Å². The van der Waals surface area contributed by atoms with Gasteiger partial charge in [0.05, 0.1) is 12.9 Å². The Kier molecular flexibility index (Phi) is 4.29. The summed E-state index contributed by atoms with van der Waals surface area (Å²) >= 11 is 0. The first-order chi connectivity index (χ1) is 12.6. The third-order valence-electron chi connectivity index (χ3n) is 4.46. The first-order valence-electron chi connectivity index (χ1n) is 8.22. The van der Waals surface area contributed by atoms with Crippen molar-refractivity contribution in [2.75, 3.05) is 11.9 Å². The van der Waals surface area contributed by atoms with Crippen LogP contribution >= 0.6 is 0 Å². The minimum absolute atomic E-state index is 0.392. The quantitative estimate of drug-likeness (QED) is 0.532. The van der Waals surface area contributed by atoms with E-state index < -0.39 is 31.1 Å². The van der Waals surface area contributed by atoms with Gasteiger partial charge in [0, 0.05) is 5.69 Å². The molecule has 3 heterocycles. The monoisotopic (exact) mass is 357 g/mol. The molecular weight excluding hydrogens is 338 g/mol. The molecule has 3 aromatic rings. The molecule has 4 rings (SSSR count). The highest BCUT2D eigenvalue weighted by molar-refractivity contribution is 5.85. The summed E-state index contributed by atoms with van der Waals surface area (Å²) < 4.78 is 7.08. The lowest BCUT2D eigenvalue weighted by Crippen LogP contribution is -2.33. The van der Waals surface area contributed by atoms with E-state index in [-0.39, 0.29) is 0 Å². The molecule has 26 heavy (non-hydrogen) atoms. The smallest absolute Gasteiger partial charge is 0.167 e. The van der Waals surface area contributed by atoms with E-state index in [0.717, 1.165) is 11.3 Å². The van der Waals surface area contributed by atoms with Crippen LogP contribution in [0, 0.1) is 6.92 Å². The van der Waals surface area contributed by atoms with Crippen molar-refractivity contribution in [3.63, 3.8) is 0 Å². The number of rotatable bonds is 4. The largest absolute Gasteiger partial charge is 0.394 e. The Morgan fingerprint density at radius 3 is 2.58 bits per heavy atom. The molecular formula is C17H19N5O4. The van der Waals surface area contributed by atoms with Crippen molar-refractivity contribution in [1.29, 1.82) is 0 Å². The summed E-state index contributed by atoms with van der Waals surface area (Å²) in [7, 11) is 0. The van der Waals surface area contributed by atoms with E-state index in [9.17, 15) is 15.3 Å². The second kappa shape index (κ2) is 6.61. The molecule has 9 heteroatoms. The van der Waals surface area contributed by atoms with Crippen molar-refractivity contribution in [1.82, 2.24) is 19.5 Å². The highest BCUT2D eigenvalue weighted by atomic mass is 16.6. The van der Waals surface area contributed by atoms with E-state index in [4.69, 9.17) is 4.74 Å². The number of fused-ring (bicyclic) bond motifs is 1. The summed E-state index contributed by atoms with van der Waals surface area (Å²) in [5.74, 6) is 0.518. The molecule has 0 bridgehead atoms. The molecule has 0 aliphatic carbocycles. The Balaban J connectivity index is 1.68. The van der Waals surface area contributed by atoms with Crippen LogP contribution in [0.5, 0.6) is 0 Å². The van der Waals surface area contributed by atoms with Gasteiger partial charge in [-0.1, -0.05) is 17.7 Å². The normalized spacial score (nSPS) is 25.7. The topological polar surface area (TPSA) is 126 Å². The summed E-state index contributed by atoms with van der Waals surface area (Å²) in [6.45, 7) is 1.62. The van der Waals surface area contributed by atoms with Crippen LogP contribution in [0.25, 0.3) is 11.2 Å². The minimum Gasteiger partial charge on any atom is -0.394 e. The zero-order valence-corrected chi connectivity index (χ0v) is 14.0. The molecule has 0 unspecified atom stereocenters. The second-order valence-corrected chi connectivity index (χ2v) is 6.27. The molecule has 136 valence electrons. The number of nitrogens with one attached hydrogen (secondary N) is 1. The number of aliphatic hydroxyl groups is 3. The lowest BCUT2D eigenvalue weighted by molar-refractivity contribution is -0.0511. The van der Waals surface area contributed by atoms with Gasteiger partial charge in [0.25, 0.3) is 0 Å². The number of hydrogen-bond donors (Lipinski definition) is 4. The molecule has 1 aromatic carbocycles. The van der Waals surface area contributed by atoms with Crippen molar-refractivity contribution in [3.8, 4) is 0 Å². The summed E-state index contributed by atoms with van der Waals surface area (Å²) in [6.07, 6.45) is -1.28. The lowest BCUT2D eigenvalue weighted by atomic mass is 10.1. The molecule has 1 fully saturated rings. The average molecular weight is 357 g/mol. The first kappa shape index (κ1) is 16.9. The van der Waals surface area contributed by atoms with Crippen LogP contribution in [-0.2, 0) is 4.74 Å². The Morgan fingerprint density at radius 2 is 1.88 bits per heavy atom. The Morgan fingerprint density at radius 1 is 1.12 bits per heavy atom. The van der Waals surface area contributed by atoms with E-state index in [1.54, 1.807) is 0 Å². The highest BCUT2D eigenvalue weighted by Gasteiger charge is 2.44. The van der Waals surface area contributed by atoms with E-state index in [1.165, 1.54) is 17.2 Å². The predicted molar refractivity (Wildman–Crippen MR) is 92.8 cm³/mol. The van der Waals surface area contributed by atoms with Gasteiger partial charge < -0.3 is 25.4 Å². The number of nitrogens with zero attached hydrogens (tertiary/aromatic N) is 4. The fourth-order valence-electron chi connectivity index (χ4n) is 3.01. The van der Waals surface area contributed by atoms with Gasteiger partial charge in [-0.05, 0) is 19.1 Å². The van der Waals surface area contributed by atoms with Crippen LogP contribution in [-0.4, -0.2) is 59.8 Å². The number of hydrogen-bond acceptors (Lipinski definition) is 8. The first-order valence-corrected chi connectivity index (χ1v) is 8.22. The van der Waals surface area contributed by atoms with Crippen LogP contribution < -0.4 is 5.32 Å². The number of aromatic nitrogens is 4. The zero-order chi connectivity index (χ0) is 18.3. The molecule has 2 aromatic heterocycles. The molecule has 4 N–H and O–H groups in total. The SMILES string of the molecule is Cc1ccc(Nc2ncnc3c2ncn3[C@H]2O[C@@H](CO)[C@@H](O)[C@H]2O)cc1. The Labute approximate surface area is 148 Å². The molecule has 9 nitrogen and oxygen atoms in total. The maximum absolute atomic E-state index is 10.2. The standard InChI is InChI=1S/C17H19N5O4/c1-9-2-4-10(5-3-9)21-15-12-16(19-7-18-15)22(8-20-12)17-14(25)13(24)11(6-23)26-17/h2-5,7-8,11,13-14,17,23-25H,6H2,1H3,(H,18,19,21)/t11-,13+,14+,17-/m0/s1. The Hall–Kier alpha value is -2.59. The van der Waals surface area contributed by atoms with Crippen molar-refractivity contribution < 1.29 is 20.1 Å². The highest BCUT2D eigenvalue weighted by Crippen LogP contribution is 2.32. The van der Waals surface area contributed by atoms with Gasteiger partial charge in [0.1, 0.15) is 24.6 Å². The predicted octanol–water partition coefficient (Wildman–Crippen LogP) is 0.490. The van der Waals surface area contributed by atoms with Gasteiger partial charge in [0.2, 0.25) is 0 Å². The fraction of sp³-hybridized carbons (Fsp3) is 0.353. The van der Waals surface area contributed by atoms with Gasteiger partial charge in [-0.15, -0.1) is 0 Å². The van der Waals surface area contributed by atoms with Gasteiger partial charge in [-0.25, -0.2) is 15.0 Å². The van der Waals surface area contributed by atoms with Crippen molar-refractivity contribution in [2.45, 2.75) is 31.5 Å². The summed E-state index contributed by atoms with van der Waals surface area (Å²) in [6, 6.07) is 7.84. The molecule has 1 saturated heterocycles. The molecule has 1 aliphatic heterocycles. The molecule has 1 aliphatic rings. The van der Waals surface area contributed by atoms with Crippen LogP contribution in [0.3, 0.4) is 0 Å². The molecule has 0 saturated carbocycles. The van der Waals surface area contributed by atoms with E-state index in [0.29, 0.717) is 17.0 Å². The summed E-state index contributed by atoms with van der Waals surface area (Å²) in [4.78, 5) is 12.8. The second-order valence-electron chi connectivity index (χ2n) is 6.27. The Bertz CT molecular complexity index is 913. The average Bonchev–Trinajstić information content (AvgIpc) is 3.19. The van der Waals surface area contributed by atoms with Crippen LogP contribution in [0.1, 0.15) is 11.8 Å². The zero-order valence-electron chi connectivity index (χ0n) is 14.0. The molecule has 0 radical (unpaired) electrons. The van der Waals surface area contributed by atoms with Crippen LogP contribution in [0.15, 0.2) is 36.9 Å². The van der Waals surface area contributed by atoms with Gasteiger partial charge in [0.15, 0.2) is 23.2 Å². The summed E-state index contributed by atoms with van der Waals surface area (Å²) in [5.41, 5.74) is 2.96. The van der Waals surface area contributed by atoms with E-state index in [1.807, 2.05) is 31.2 Å². The fourth-order valence-corrected chi connectivity index (χ4v) is 3.01. The number of anilines is 2. The van der Waals surface area contributed by atoms with E-state index >= 15 is 0 Å². The van der Waals surface area contributed by atoms with Crippen LogP contribution in [0.4, 0.5) is 11.5 Å².